The Labute approximate surface area is 152 Å². The van der Waals surface area contributed by atoms with E-state index in [-0.39, 0.29) is 12.5 Å². The van der Waals surface area contributed by atoms with Gasteiger partial charge in [0, 0.05) is 18.9 Å². The maximum atomic E-state index is 12.0. The average molecular weight is 357 g/mol. The van der Waals surface area contributed by atoms with Crippen molar-refractivity contribution in [1.82, 2.24) is 9.88 Å². The molecule has 0 aliphatic rings. The van der Waals surface area contributed by atoms with Crippen molar-refractivity contribution in [2.45, 2.75) is 20.8 Å². The van der Waals surface area contributed by atoms with Gasteiger partial charge in [-0.1, -0.05) is 17.7 Å². The van der Waals surface area contributed by atoms with E-state index in [1.165, 1.54) is 0 Å². The summed E-state index contributed by atoms with van der Waals surface area (Å²) in [4.78, 5) is 35.6. The summed E-state index contributed by atoms with van der Waals surface area (Å²) in [7, 11) is 1.70. The lowest BCUT2D eigenvalue weighted by molar-refractivity contribution is -0.126. The zero-order valence-corrected chi connectivity index (χ0v) is 15.4. The van der Waals surface area contributed by atoms with Gasteiger partial charge in [0.25, 0.3) is 5.91 Å². The lowest BCUT2D eigenvalue weighted by Gasteiger charge is -2.13. The second-order valence-electron chi connectivity index (χ2n) is 6.18. The minimum Gasteiger partial charge on any atom is -0.451 e. The van der Waals surface area contributed by atoms with E-state index < -0.39 is 18.5 Å². The molecule has 0 aliphatic heterocycles. The smallest absolute Gasteiger partial charge is 0.355 e. The van der Waals surface area contributed by atoms with Crippen molar-refractivity contribution in [2.75, 3.05) is 18.5 Å². The first kappa shape index (κ1) is 19.2. The fraction of sp³-hybridized carbons (Fsp3) is 0.316. The van der Waals surface area contributed by atoms with Crippen LogP contribution in [0.3, 0.4) is 0 Å². The van der Waals surface area contributed by atoms with E-state index in [0.29, 0.717) is 5.69 Å². The third-order valence-corrected chi connectivity index (χ3v) is 3.87. The molecule has 7 heteroatoms. The van der Waals surface area contributed by atoms with E-state index in [2.05, 4.69) is 10.6 Å². The van der Waals surface area contributed by atoms with Gasteiger partial charge in [0.2, 0.25) is 5.91 Å². The molecule has 1 heterocycles. The van der Waals surface area contributed by atoms with Crippen molar-refractivity contribution in [3.05, 3.63) is 52.8 Å². The van der Waals surface area contributed by atoms with Crippen LogP contribution < -0.4 is 10.6 Å². The highest BCUT2D eigenvalue weighted by Crippen LogP contribution is 2.21. The van der Waals surface area contributed by atoms with Gasteiger partial charge in [0.15, 0.2) is 6.61 Å². The van der Waals surface area contributed by atoms with Gasteiger partial charge in [-0.2, -0.15) is 0 Å². The fourth-order valence-electron chi connectivity index (χ4n) is 2.67. The Morgan fingerprint density at radius 2 is 1.73 bits per heavy atom. The molecule has 0 atom stereocenters. The van der Waals surface area contributed by atoms with Crippen LogP contribution in [0.15, 0.2) is 30.5 Å². The van der Waals surface area contributed by atoms with Crippen molar-refractivity contribution < 1.29 is 19.1 Å². The number of nitrogens with one attached hydrogen (secondary N) is 2. The summed E-state index contributed by atoms with van der Waals surface area (Å²) in [6, 6.07) is 7.25. The molecule has 2 aromatic rings. The summed E-state index contributed by atoms with van der Waals surface area (Å²) in [5, 5.41) is 5.22. The monoisotopic (exact) mass is 357 g/mol. The molecule has 0 bridgehead atoms. The number of esters is 1. The number of carbonyl (C=O) groups excluding carboxylic acids is 3. The van der Waals surface area contributed by atoms with Crippen LogP contribution in [0.2, 0.25) is 0 Å². The Morgan fingerprint density at radius 3 is 2.31 bits per heavy atom. The minimum absolute atomic E-state index is 0.201. The van der Waals surface area contributed by atoms with Gasteiger partial charge in [-0.15, -0.1) is 0 Å². The highest BCUT2D eigenvalue weighted by molar-refractivity contribution is 5.96. The van der Waals surface area contributed by atoms with Crippen molar-refractivity contribution in [3.8, 4) is 0 Å². The summed E-state index contributed by atoms with van der Waals surface area (Å²) in [6.45, 7) is 5.17. The van der Waals surface area contributed by atoms with E-state index in [0.717, 1.165) is 22.4 Å². The molecular formula is C19H23N3O4. The molecule has 2 N–H and O–H groups in total. The first-order valence-electron chi connectivity index (χ1n) is 8.20. The molecule has 0 aliphatic carbocycles. The standard InChI is InChI=1S/C19H23N3O4/c1-12-8-13(2)18(14(3)9-12)21-16(23)10-20-17(24)11-26-19(25)15-6-5-7-22(15)4/h5-9H,10-11H2,1-4H3,(H,20,24)(H,21,23). The number of nitrogens with zero attached hydrogens (tertiary/aromatic N) is 1. The molecule has 26 heavy (non-hydrogen) atoms. The lowest BCUT2D eigenvalue weighted by Crippen LogP contribution is -2.35. The average Bonchev–Trinajstić information content (AvgIpc) is 3.00. The molecule has 0 saturated heterocycles. The number of hydrogen-bond acceptors (Lipinski definition) is 4. The minimum atomic E-state index is -0.594. The highest BCUT2D eigenvalue weighted by Gasteiger charge is 2.14. The van der Waals surface area contributed by atoms with Gasteiger partial charge < -0.3 is 19.9 Å². The number of aromatic nitrogens is 1. The van der Waals surface area contributed by atoms with Crippen molar-refractivity contribution in [3.63, 3.8) is 0 Å². The van der Waals surface area contributed by atoms with E-state index in [1.54, 1.807) is 29.9 Å². The van der Waals surface area contributed by atoms with Gasteiger partial charge in [-0.25, -0.2) is 4.79 Å². The Kier molecular flexibility index (Phi) is 6.16. The first-order chi connectivity index (χ1) is 12.3. The van der Waals surface area contributed by atoms with Crippen molar-refractivity contribution in [2.24, 2.45) is 7.05 Å². The van der Waals surface area contributed by atoms with E-state index in [9.17, 15) is 14.4 Å². The first-order valence-corrected chi connectivity index (χ1v) is 8.20. The van der Waals surface area contributed by atoms with Gasteiger partial charge in [-0.3, -0.25) is 9.59 Å². The zero-order valence-electron chi connectivity index (χ0n) is 15.4. The normalized spacial score (nSPS) is 10.3. The number of carbonyl (C=O) groups is 3. The third-order valence-electron chi connectivity index (χ3n) is 3.87. The SMILES string of the molecule is Cc1cc(C)c(NC(=O)CNC(=O)COC(=O)c2cccn2C)c(C)c1. The zero-order chi connectivity index (χ0) is 19.3. The molecule has 1 aromatic carbocycles. The maximum Gasteiger partial charge on any atom is 0.355 e. The number of rotatable bonds is 6. The van der Waals surface area contributed by atoms with Crippen LogP contribution in [0.1, 0.15) is 27.2 Å². The molecule has 138 valence electrons. The Bertz CT molecular complexity index is 816. The predicted molar refractivity (Wildman–Crippen MR) is 98.0 cm³/mol. The summed E-state index contributed by atoms with van der Waals surface area (Å²) >= 11 is 0. The summed E-state index contributed by atoms with van der Waals surface area (Å²) in [5.74, 6) is -1.48. The summed E-state index contributed by atoms with van der Waals surface area (Å²) < 4.78 is 6.52. The second kappa shape index (κ2) is 8.33. The third kappa shape index (κ3) is 4.95. The molecule has 7 nitrogen and oxygen atoms in total. The van der Waals surface area contributed by atoms with Crippen molar-refractivity contribution >= 4 is 23.5 Å². The molecule has 2 amide bonds. The number of hydrogen-bond donors (Lipinski definition) is 2. The van der Waals surface area contributed by atoms with Gasteiger partial charge >= 0.3 is 5.97 Å². The van der Waals surface area contributed by atoms with Crippen LogP contribution in [0.25, 0.3) is 0 Å². The largest absolute Gasteiger partial charge is 0.451 e. The molecule has 1 aromatic heterocycles. The van der Waals surface area contributed by atoms with E-state index >= 15 is 0 Å². The van der Waals surface area contributed by atoms with Crippen LogP contribution in [0.5, 0.6) is 0 Å². The highest BCUT2D eigenvalue weighted by atomic mass is 16.5. The van der Waals surface area contributed by atoms with Gasteiger partial charge in [0.1, 0.15) is 5.69 Å². The molecule has 2 rings (SSSR count). The Balaban J connectivity index is 1.79. The molecule has 0 fully saturated rings. The number of amides is 2. The van der Waals surface area contributed by atoms with Crippen LogP contribution in [-0.2, 0) is 21.4 Å². The van der Waals surface area contributed by atoms with Crippen molar-refractivity contribution in [1.29, 1.82) is 0 Å². The van der Waals surface area contributed by atoms with Gasteiger partial charge in [-0.05, 0) is 44.0 Å². The number of aryl methyl sites for hydroxylation is 4. The number of anilines is 1. The van der Waals surface area contributed by atoms with E-state index in [4.69, 9.17) is 4.74 Å². The molecule has 0 radical (unpaired) electrons. The Hall–Kier alpha value is -3.09. The van der Waals surface area contributed by atoms with Crippen LogP contribution >= 0.6 is 0 Å². The quantitative estimate of drug-likeness (QED) is 0.772. The van der Waals surface area contributed by atoms with E-state index in [1.807, 2.05) is 32.9 Å². The molecule has 0 saturated carbocycles. The van der Waals surface area contributed by atoms with Crippen LogP contribution in [-0.4, -0.2) is 35.5 Å². The summed E-state index contributed by atoms with van der Waals surface area (Å²) in [6.07, 6.45) is 1.70. The fourth-order valence-corrected chi connectivity index (χ4v) is 2.67. The van der Waals surface area contributed by atoms with Crippen LogP contribution in [0.4, 0.5) is 5.69 Å². The Morgan fingerprint density at radius 1 is 1.08 bits per heavy atom. The topological polar surface area (TPSA) is 89.4 Å². The lowest BCUT2D eigenvalue weighted by atomic mass is 10.1. The van der Waals surface area contributed by atoms with Gasteiger partial charge in [0.05, 0.1) is 6.54 Å². The predicted octanol–water partition coefficient (Wildman–Crippen LogP) is 1.86. The summed E-state index contributed by atoms with van der Waals surface area (Å²) in [5.41, 5.74) is 4.12. The van der Waals surface area contributed by atoms with Crippen LogP contribution in [0, 0.1) is 20.8 Å². The molecule has 0 spiro atoms. The maximum absolute atomic E-state index is 12.0. The molecular weight excluding hydrogens is 334 g/mol. The number of ether oxygens (including phenoxy) is 1. The molecule has 0 unspecified atom stereocenters. The second-order valence-corrected chi connectivity index (χ2v) is 6.18. The number of benzene rings is 1.